The summed E-state index contributed by atoms with van der Waals surface area (Å²) in [6, 6.07) is 3.74. The summed E-state index contributed by atoms with van der Waals surface area (Å²) in [4.78, 5) is 3.97. The lowest BCUT2D eigenvalue weighted by Gasteiger charge is -2.14. The van der Waals surface area contributed by atoms with Crippen LogP contribution in [0, 0.1) is 6.92 Å². The fourth-order valence-corrected chi connectivity index (χ4v) is 2.00. The maximum Gasteiger partial charge on any atom is 0.142 e. The first-order valence-electron chi connectivity index (χ1n) is 5.77. The average Bonchev–Trinajstić information content (AvgIpc) is 2.67. The molecule has 0 fully saturated rings. The van der Waals surface area contributed by atoms with Gasteiger partial charge in [-0.05, 0) is 19.1 Å². The van der Waals surface area contributed by atoms with Gasteiger partial charge in [-0.25, -0.2) is 0 Å². The number of aliphatic hydroxyl groups is 1. The van der Waals surface area contributed by atoms with Crippen LogP contribution in [0.1, 0.15) is 23.1 Å². The molecule has 0 radical (unpaired) electrons. The zero-order valence-electron chi connectivity index (χ0n) is 10.8. The third-order valence-corrected chi connectivity index (χ3v) is 2.90. The molecule has 0 spiro atoms. The van der Waals surface area contributed by atoms with Gasteiger partial charge in [0.1, 0.15) is 5.75 Å². The Bertz CT molecular complexity index is 537. The van der Waals surface area contributed by atoms with E-state index in [4.69, 9.17) is 4.74 Å². The van der Waals surface area contributed by atoms with Crippen LogP contribution in [-0.4, -0.2) is 27.0 Å². The molecule has 1 unspecified atom stereocenters. The molecule has 0 aromatic carbocycles. The number of rotatable bonds is 4. The van der Waals surface area contributed by atoms with E-state index < -0.39 is 6.10 Å². The molecule has 2 rings (SSSR count). The van der Waals surface area contributed by atoms with Crippen LogP contribution in [-0.2, 0) is 13.5 Å². The molecule has 5 nitrogen and oxygen atoms in total. The van der Waals surface area contributed by atoms with Crippen molar-refractivity contribution in [2.75, 3.05) is 7.11 Å². The number of aliphatic hydroxyl groups excluding tert-OH is 1. The van der Waals surface area contributed by atoms with Crippen molar-refractivity contribution in [3.8, 4) is 5.75 Å². The van der Waals surface area contributed by atoms with E-state index in [2.05, 4.69) is 10.1 Å². The van der Waals surface area contributed by atoms with Gasteiger partial charge in [0.15, 0.2) is 0 Å². The van der Waals surface area contributed by atoms with Crippen LogP contribution in [0.5, 0.6) is 5.75 Å². The molecule has 0 saturated carbocycles. The van der Waals surface area contributed by atoms with Gasteiger partial charge in [0.05, 0.1) is 25.1 Å². The van der Waals surface area contributed by atoms with E-state index in [0.717, 1.165) is 17.0 Å². The predicted molar refractivity (Wildman–Crippen MR) is 67.4 cm³/mol. The van der Waals surface area contributed by atoms with E-state index in [0.29, 0.717) is 12.2 Å². The van der Waals surface area contributed by atoms with Crippen LogP contribution >= 0.6 is 0 Å². The van der Waals surface area contributed by atoms with Crippen LogP contribution in [0.2, 0.25) is 0 Å². The van der Waals surface area contributed by atoms with E-state index in [9.17, 15) is 5.11 Å². The Morgan fingerprint density at radius 2 is 2.28 bits per heavy atom. The average molecular weight is 247 g/mol. The molecule has 2 aromatic heterocycles. The van der Waals surface area contributed by atoms with Crippen LogP contribution in [0.15, 0.2) is 24.5 Å². The third-order valence-electron chi connectivity index (χ3n) is 2.90. The fraction of sp³-hybridized carbons (Fsp3) is 0.385. The number of hydrogen-bond acceptors (Lipinski definition) is 4. The Morgan fingerprint density at radius 1 is 1.50 bits per heavy atom. The van der Waals surface area contributed by atoms with Crippen molar-refractivity contribution in [1.82, 2.24) is 14.8 Å². The summed E-state index contributed by atoms with van der Waals surface area (Å²) in [6.45, 7) is 1.93. The third kappa shape index (κ3) is 2.51. The molecule has 0 aliphatic heterocycles. The molecule has 0 saturated heterocycles. The van der Waals surface area contributed by atoms with Gasteiger partial charge in [0.25, 0.3) is 0 Å². The highest BCUT2D eigenvalue weighted by Crippen LogP contribution is 2.26. The molecule has 5 heteroatoms. The second-order valence-corrected chi connectivity index (χ2v) is 4.24. The van der Waals surface area contributed by atoms with E-state index in [1.165, 1.54) is 0 Å². The predicted octanol–water partition coefficient (Wildman–Crippen LogP) is 1.41. The molecular weight excluding hydrogens is 230 g/mol. The topological polar surface area (TPSA) is 60.2 Å². The van der Waals surface area contributed by atoms with Gasteiger partial charge in [-0.3, -0.25) is 9.67 Å². The molecule has 0 bridgehead atoms. The summed E-state index contributed by atoms with van der Waals surface area (Å²) in [5.74, 6) is 0.601. The first-order chi connectivity index (χ1) is 8.61. The number of aryl methyl sites for hydroxylation is 2. The van der Waals surface area contributed by atoms with Crippen molar-refractivity contribution in [2.24, 2.45) is 7.05 Å². The lowest BCUT2D eigenvalue weighted by molar-refractivity contribution is 0.171. The number of nitrogens with zero attached hydrogens (tertiary/aromatic N) is 3. The number of hydrogen-bond donors (Lipinski definition) is 1. The number of aromatic nitrogens is 3. The molecule has 2 heterocycles. The Labute approximate surface area is 106 Å². The minimum atomic E-state index is -0.627. The van der Waals surface area contributed by atoms with E-state index in [-0.39, 0.29) is 0 Å². The van der Waals surface area contributed by atoms with Gasteiger partial charge < -0.3 is 9.84 Å². The first-order valence-corrected chi connectivity index (χ1v) is 5.77. The molecule has 1 N–H and O–H groups in total. The fourth-order valence-electron chi connectivity index (χ4n) is 2.00. The summed E-state index contributed by atoms with van der Waals surface area (Å²) in [7, 11) is 3.44. The Kier molecular flexibility index (Phi) is 3.62. The maximum absolute atomic E-state index is 10.3. The van der Waals surface area contributed by atoms with Crippen molar-refractivity contribution in [2.45, 2.75) is 19.4 Å². The molecule has 0 aliphatic carbocycles. The van der Waals surface area contributed by atoms with Crippen molar-refractivity contribution in [3.63, 3.8) is 0 Å². The number of methoxy groups -OCH3 is 1. The van der Waals surface area contributed by atoms with Crippen molar-refractivity contribution in [1.29, 1.82) is 0 Å². The molecule has 96 valence electrons. The molecule has 18 heavy (non-hydrogen) atoms. The molecular formula is C13H17N3O2. The second kappa shape index (κ2) is 5.18. The lowest BCUT2D eigenvalue weighted by atomic mass is 10.1. The van der Waals surface area contributed by atoms with Crippen LogP contribution in [0.25, 0.3) is 0 Å². The molecule has 0 amide bonds. The summed E-state index contributed by atoms with van der Waals surface area (Å²) in [5, 5.41) is 14.5. The van der Waals surface area contributed by atoms with Gasteiger partial charge >= 0.3 is 0 Å². The summed E-state index contributed by atoms with van der Waals surface area (Å²) in [5.41, 5.74) is 2.67. The van der Waals surface area contributed by atoms with Crippen molar-refractivity contribution < 1.29 is 9.84 Å². The van der Waals surface area contributed by atoms with Crippen molar-refractivity contribution >= 4 is 0 Å². The SMILES string of the molecule is COc1cnccc1C(O)Cc1cc(C)nn1C. The van der Waals surface area contributed by atoms with Gasteiger partial charge in [0, 0.05) is 30.9 Å². The second-order valence-electron chi connectivity index (χ2n) is 4.24. The van der Waals surface area contributed by atoms with E-state index in [1.807, 2.05) is 20.0 Å². The van der Waals surface area contributed by atoms with Crippen LogP contribution in [0.3, 0.4) is 0 Å². The van der Waals surface area contributed by atoms with Gasteiger partial charge in [-0.15, -0.1) is 0 Å². The van der Waals surface area contributed by atoms with Crippen molar-refractivity contribution in [3.05, 3.63) is 41.5 Å². The largest absolute Gasteiger partial charge is 0.495 e. The zero-order chi connectivity index (χ0) is 13.1. The quantitative estimate of drug-likeness (QED) is 0.887. The summed E-state index contributed by atoms with van der Waals surface area (Å²) < 4.78 is 6.98. The van der Waals surface area contributed by atoms with E-state index >= 15 is 0 Å². The Morgan fingerprint density at radius 3 is 2.89 bits per heavy atom. The highest BCUT2D eigenvalue weighted by atomic mass is 16.5. The highest BCUT2D eigenvalue weighted by Gasteiger charge is 2.15. The molecule has 2 aromatic rings. The molecule has 0 aliphatic rings. The highest BCUT2D eigenvalue weighted by molar-refractivity contribution is 5.32. The number of ether oxygens (including phenoxy) is 1. The maximum atomic E-state index is 10.3. The minimum Gasteiger partial charge on any atom is -0.495 e. The zero-order valence-corrected chi connectivity index (χ0v) is 10.8. The lowest BCUT2D eigenvalue weighted by Crippen LogP contribution is -2.08. The number of pyridine rings is 1. The first kappa shape index (κ1) is 12.6. The minimum absolute atomic E-state index is 0.498. The van der Waals surface area contributed by atoms with Gasteiger partial charge in [-0.2, -0.15) is 5.10 Å². The smallest absolute Gasteiger partial charge is 0.142 e. The Balaban J connectivity index is 2.21. The van der Waals surface area contributed by atoms with E-state index in [1.54, 1.807) is 30.3 Å². The normalized spacial score (nSPS) is 12.4. The monoisotopic (exact) mass is 247 g/mol. The molecule has 1 atom stereocenters. The standard InChI is InChI=1S/C13H17N3O2/c1-9-6-10(16(2)15-9)7-12(17)11-4-5-14-8-13(11)18-3/h4-6,8,12,17H,7H2,1-3H3. The van der Waals surface area contributed by atoms with Crippen LogP contribution < -0.4 is 4.74 Å². The summed E-state index contributed by atoms with van der Waals surface area (Å²) in [6.07, 6.45) is 3.12. The Hall–Kier alpha value is -1.88. The van der Waals surface area contributed by atoms with Gasteiger partial charge in [-0.1, -0.05) is 0 Å². The summed E-state index contributed by atoms with van der Waals surface area (Å²) >= 11 is 0. The van der Waals surface area contributed by atoms with Crippen LogP contribution in [0.4, 0.5) is 0 Å². The van der Waals surface area contributed by atoms with Gasteiger partial charge in [0.2, 0.25) is 0 Å².